The number of hydrogen-bond acceptors (Lipinski definition) is 6. The first-order valence-electron chi connectivity index (χ1n) is 7.64. The predicted octanol–water partition coefficient (Wildman–Crippen LogP) is 2.34. The summed E-state index contributed by atoms with van der Waals surface area (Å²) in [6.45, 7) is 1.81. The van der Waals surface area contributed by atoms with E-state index in [9.17, 15) is 4.79 Å². The van der Waals surface area contributed by atoms with E-state index in [0.29, 0.717) is 24.6 Å². The summed E-state index contributed by atoms with van der Waals surface area (Å²) in [4.78, 5) is 24.4. The normalized spacial score (nSPS) is 11.9. The van der Waals surface area contributed by atoms with E-state index in [-0.39, 0.29) is 11.9 Å². The topological polar surface area (TPSA) is 93.8 Å². The Morgan fingerprint density at radius 1 is 1.21 bits per heavy atom. The number of carbonyl (C=O) groups is 1. The van der Waals surface area contributed by atoms with E-state index in [1.54, 1.807) is 30.9 Å². The molecule has 0 aromatic carbocycles. The van der Waals surface area contributed by atoms with Gasteiger partial charge in [0.2, 0.25) is 17.6 Å². The summed E-state index contributed by atoms with van der Waals surface area (Å²) in [5.74, 6) is 0.741. The maximum atomic E-state index is 12.0. The second-order valence-corrected chi connectivity index (χ2v) is 5.35. The minimum atomic E-state index is -0.357. The van der Waals surface area contributed by atoms with Crippen LogP contribution in [0.1, 0.15) is 30.8 Å². The van der Waals surface area contributed by atoms with Gasteiger partial charge >= 0.3 is 0 Å². The minimum absolute atomic E-state index is 0.0764. The van der Waals surface area contributed by atoms with Crippen molar-refractivity contribution >= 4 is 5.91 Å². The van der Waals surface area contributed by atoms with Crippen LogP contribution in [0.3, 0.4) is 0 Å². The Bertz CT molecular complexity index is 789. The molecule has 0 aliphatic rings. The van der Waals surface area contributed by atoms with E-state index in [4.69, 9.17) is 4.52 Å². The van der Waals surface area contributed by atoms with Gasteiger partial charge in [-0.15, -0.1) is 0 Å². The van der Waals surface area contributed by atoms with Crippen molar-refractivity contribution in [3.8, 4) is 11.4 Å². The SMILES string of the molecule is C[C@@H](NC(=O)CCc1cccnc1)c1nc(-c2cccnc2)no1. The highest BCUT2D eigenvalue weighted by molar-refractivity contribution is 5.76. The van der Waals surface area contributed by atoms with Crippen LogP contribution in [-0.2, 0) is 11.2 Å². The summed E-state index contributed by atoms with van der Waals surface area (Å²) in [5, 5.41) is 6.78. The van der Waals surface area contributed by atoms with E-state index >= 15 is 0 Å². The first-order valence-corrected chi connectivity index (χ1v) is 7.64. The maximum Gasteiger partial charge on any atom is 0.249 e. The zero-order valence-corrected chi connectivity index (χ0v) is 13.2. The molecule has 3 heterocycles. The highest BCUT2D eigenvalue weighted by Crippen LogP contribution is 2.17. The molecule has 7 heteroatoms. The van der Waals surface area contributed by atoms with Crippen molar-refractivity contribution in [3.05, 3.63) is 60.5 Å². The molecule has 24 heavy (non-hydrogen) atoms. The lowest BCUT2D eigenvalue weighted by molar-refractivity contribution is -0.121. The average Bonchev–Trinajstić information content (AvgIpc) is 3.12. The fraction of sp³-hybridized carbons (Fsp3) is 0.235. The molecule has 1 N–H and O–H groups in total. The minimum Gasteiger partial charge on any atom is -0.345 e. The lowest BCUT2D eigenvalue weighted by Gasteiger charge is -2.09. The lowest BCUT2D eigenvalue weighted by Crippen LogP contribution is -2.27. The van der Waals surface area contributed by atoms with Crippen molar-refractivity contribution in [2.45, 2.75) is 25.8 Å². The molecule has 3 aromatic rings. The number of nitrogens with zero attached hydrogens (tertiary/aromatic N) is 4. The molecule has 0 fully saturated rings. The Morgan fingerprint density at radius 3 is 2.71 bits per heavy atom. The van der Waals surface area contributed by atoms with Crippen LogP contribution in [0, 0.1) is 0 Å². The largest absolute Gasteiger partial charge is 0.345 e. The van der Waals surface area contributed by atoms with Gasteiger partial charge in [0.15, 0.2) is 0 Å². The number of aromatic nitrogens is 4. The van der Waals surface area contributed by atoms with Crippen molar-refractivity contribution in [3.63, 3.8) is 0 Å². The van der Waals surface area contributed by atoms with E-state index in [1.165, 1.54) is 0 Å². The van der Waals surface area contributed by atoms with Gasteiger partial charge in [-0.2, -0.15) is 4.98 Å². The molecule has 1 atom stereocenters. The second-order valence-electron chi connectivity index (χ2n) is 5.35. The summed E-state index contributed by atoms with van der Waals surface area (Å²) in [6.07, 6.45) is 7.81. The lowest BCUT2D eigenvalue weighted by atomic mass is 10.1. The summed E-state index contributed by atoms with van der Waals surface area (Å²) in [5.41, 5.74) is 1.79. The van der Waals surface area contributed by atoms with Crippen LogP contribution in [0.15, 0.2) is 53.6 Å². The summed E-state index contributed by atoms with van der Waals surface area (Å²) in [7, 11) is 0. The Labute approximate surface area is 139 Å². The van der Waals surface area contributed by atoms with Gasteiger partial charge in [-0.25, -0.2) is 0 Å². The van der Waals surface area contributed by atoms with Gasteiger partial charge in [0.25, 0.3) is 0 Å². The summed E-state index contributed by atoms with van der Waals surface area (Å²) < 4.78 is 5.23. The van der Waals surface area contributed by atoms with Gasteiger partial charge in [-0.1, -0.05) is 11.2 Å². The zero-order chi connectivity index (χ0) is 16.8. The van der Waals surface area contributed by atoms with Crippen LogP contribution in [0.5, 0.6) is 0 Å². The Morgan fingerprint density at radius 2 is 2.00 bits per heavy atom. The molecule has 0 saturated carbocycles. The average molecular weight is 323 g/mol. The molecule has 7 nitrogen and oxygen atoms in total. The number of aryl methyl sites for hydroxylation is 1. The fourth-order valence-corrected chi connectivity index (χ4v) is 2.20. The number of carbonyl (C=O) groups excluding carboxylic acids is 1. The third-order valence-corrected chi connectivity index (χ3v) is 3.47. The quantitative estimate of drug-likeness (QED) is 0.748. The number of rotatable bonds is 6. The molecular weight excluding hydrogens is 306 g/mol. The third-order valence-electron chi connectivity index (χ3n) is 3.47. The molecule has 0 aliphatic heterocycles. The number of nitrogens with one attached hydrogen (secondary N) is 1. The van der Waals surface area contributed by atoms with Gasteiger partial charge in [-0.3, -0.25) is 14.8 Å². The van der Waals surface area contributed by atoms with Crippen LogP contribution >= 0.6 is 0 Å². The number of pyridine rings is 2. The molecule has 0 aliphatic carbocycles. The predicted molar refractivity (Wildman–Crippen MR) is 86.6 cm³/mol. The van der Waals surface area contributed by atoms with Crippen LogP contribution in [0.25, 0.3) is 11.4 Å². The van der Waals surface area contributed by atoms with Gasteiger partial charge in [0, 0.05) is 36.8 Å². The van der Waals surface area contributed by atoms with Gasteiger partial charge < -0.3 is 9.84 Å². The van der Waals surface area contributed by atoms with Gasteiger partial charge in [0.05, 0.1) is 0 Å². The molecule has 0 unspecified atom stereocenters. The van der Waals surface area contributed by atoms with Crippen molar-refractivity contribution in [2.75, 3.05) is 0 Å². The van der Waals surface area contributed by atoms with E-state index in [2.05, 4.69) is 25.4 Å². The van der Waals surface area contributed by atoms with Crippen molar-refractivity contribution in [1.82, 2.24) is 25.4 Å². The first-order chi connectivity index (χ1) is 11.7. The molecule has 0 spiro atoms. The molecule has 3 rings (SSSR count). The molecular formula is C17H17N5O2. The number of hydrogen-bond donors (Lipinski definition) is 1. The highest BCUT2D eigenvalue weighted by Gasteiger charge is 2.17. The fourth-order valence-electron chi connectivity index (χ4n) is 2.20. The first kappa shape index (κ1) is 15.8. The number of amides is 1. The molecule has 0 bridgehead atoms. The van der Waals surface area contributed by atoms with Crippen molar-refractivity contribution in [1.29, 1.82) is 0 Å². The molecule has 3 aromatic heterocycles. The van der Waals surface area contributed by atoms with Crippen LogP contribution in [0.4, 0.5) is 0 Å². The van der Waals surface area contributed by atoms with Gasteiger partial charge in [0.1, 0.15) is 6.04 Å². The van der Waals surface area contributed by atoms with E-state index < -0.39 is 0 Å². The Balaban J connectivity index is 1.56. The molecule has 0 radical (unpaired) electrons. The smallest absolute Gasteiger partial charge is 0.249 e. The van der Waals surface area contributed by atoms with Crippen LogP contribution in [-0.4, -0.2) is 26.0 Å². The zero-order valence-electron chi connectivity index (χ0n) is 13.2. The van der Waals surface area contributed by atoms with Crippen LogP contribution < -0.4 is 5.32 Å². The summed E-state index contributed by atoms with van der Waals surface area (Å²) in [6, 6.07) is 7.09. The third kappa shape index (κ3) is 4.01. The summed E-state index contributed by atoms with van der Waals surface area (Å²) >= 11 is 0. The monoisotopic (exact) mass is 323 g/mol. The van der Waals surface area contributed by atoms with Crippen LogP contribution in [0.2, 0.25) is 0 Å². The Hall–Kier alpha value is -3.09. The van der Waals surface area contributed by atoms with Crippen molar-refractivity contribution in [2.24, 2.45) is 0 Å². The molecule has 122 valence electrons. The highest BCUT2D eigenvalue weighted by atomic mass is 16.5. The van der Waals surface area contributed by atoms with E-state index in [0.717, 1.165) is 11.1 Å². The second kappa shape index (κ2) is 7.45. The molecule has 1 amide bonds. The van der Waals surface area contributed by atoms with Gasteiger partial charge in [-0.05, 0) is 37.1 Å². The maximum absolute atomic E-state index is 12.0. The molecule has 0 saturated heterocycles. The standard InChI is InChI=1S/C17H17N5O2/c1-12(20-15(23)7-6-13-4-2-8-18-10-13)17-21-16(22-24-17)14-5-3-9-19-11-14/h2-5,8-12H,6-7H2,1H3,(H,20,23)/t12-/m1/s1. The van der Waals surface area contributed by atoms with Crippen molar-refractivity contribution < 1.29 is 9.32 Å². The van der Waals surface area contributed by atoms with E-state index in [1.807, 2.05) is 25.1 Å². The Kier molecular flexibility index (Phi) is 4.90.